The van der Waals surface area contributed by atoms with Crippen LogP contribution in [-0.2, 0) is 4.79 Å². The molecule has 1 heterocycles. The van der Waals surface area contributed by atoms with E-state index in [0.29, 0.717) is 32.1 Å². The average Bonchev–Trinajstić information content (AvgIpc) is 3.04. The van der Waals surface area contributed by atoms with Crippen LogP contribution in [0.25, 0.3) is 0 Å². The molecular weight excluding hydrogens is 352 g/mol. The normalized spacial score (nSPS) is 17.8. The number of rotatable bonds is 5. The number of nitrogens with zero attached hydrogens (tertiary/aromatic N) is 2. The van der Waals surface area contributed by atoms with Crippen molar-refractivity contribution >= 4 is 17.6 Å². The van der Waals surface area contributed by atoms with Gasteiger partial charge in [0.25, 0.3) is 0 Å². The predicted octanol–water partition coefficient (Wildman–Crippen LogP) is 1.87. The van der Waals surface area contributed by atoms with E-state index in [4.69, 9.17) is 0 Å². The van der Waals surface area contributed by atoms with Gasteiger partial charge in [0.2, 0.25) is 5.91 Å². The number of hydrogen-bond acceptors (Lipinski definition) is 3. The molecule has 6 nitrogen and oxygen atoms in total. The highest BCUT2D eigenvalue weighted by Gasteiger charge is 2.27. The molecule has 0 bridgehead atoms. The Morgan fingerprint density at radius 1 is 1.22 bits per heavy atom. The highest BCUT2D eigenvalue weighted by Crippen LogP contribution is 2.26. The van der Waals surface area contributed by atoms with Crippen molar-refractivity contribution in [2.75, 3.05) is 38.1 Å². The molecule has 3 N–H and O–H groups in total. The van der Waals surface area contributed by atoms with Crippen LogP contribution in [0.1, 0.15) is 27.2 Å². The lowest BCUT2D eigenvalue weighted by Gasteiger charge is -2.21. The SMILES string of the molecule is CN=C(NCCNC(=O)C(C)(C)C)NC1CCN(c2c(F)cccc2F)C1. The Hall–Kier alpha value is -2.38. The van der Waals surface area contributed by atoms with Crippen LogP contribution in [0.4, 0.5) is 14.5 Å². The Kier molecular flexibility index (Phi) is 6.98. The predicted molar refractivity (Wildman–Crippen MR) is 104 cm³/mol. The summed E-state index contributed by atoms with van der Waals surface area (Å²) in [4.78, 5) is 17.7. The van der Waals surface area contributed by atoms with E-state index in [0.717, 1.165) is 6.42 Å². The Morgan fingerprint density at radius 2 is 1.85 bits per heavy atom. The quantitative estimate of drug-likeness (QED) is 0.414. The van der Waals surface area contributed by atoms with Crippen LogP contribution in [0.3, 0.4) is 0 Å². The Labute approximate surface area is 159 Å². The minimum atomic E-state index is -0.548. The van der Waals surface area contributed by atoms with E-state index in [1.165, 1.54) is 18.2 Å². The Morgan fingerprint density at radius 3 is 2.44 bits per heavy atom. The van der Waals surface area contributed by atoms with Gasteiger partial charge in [0, 0.05) is 44.7 Å². The molecule has 0 spiro atoms. The molecule has 2 rings (SSSR count). The van der Waals surface area contributed by atoms with Gasteiger partial charge in [-0.25, -0.2) is 8.78 Å². The van der Waals surface area contributed by atoms with E-state index in [1.807, 2.05) is 20.8 Å². The highest BCUT2D eigenvalue weighted by molar-refractivity contribution is 5.82. The molecule has 1 saturated heterocycles. The first-order chi connectivity index (χ1) is 12.7. The molecule has 1 aromatic carbocycles. The van der Waals surface area contributed by atoms with Crippen molar-refractivity contribution in [1.82, 2.24) is 16.0 Å². The standard InChI is InChI=1S/C19H29F2N5O/c1-19(2,3)17(27)23-9-10-24-18(22-4)25-13-8-11-26(12-13)16-14(20)6-5-7-15(16)21/h5-7,13H,8-12H2,1-4H3,(H,23,27)(H2,22,24,25). The second-order valence-corrected chi connectivity index (χ2v) is 7.65. The number of carbonyl (C=O) groups excluding carboxylic acids is 1. The summed E-state index contributed by atoms with van der Waals surface area (Å²) < 4.78 is 27.9. The monoisotopic (exact) mass is 381 g/mol. The van der Waals surface area contributed by atoms with Crippen molar-refractivity contribution in [1.29, 1.82) is 0 Å². The van der Waals surface area contributed by atoms with E-state index in [1.54, 1.807) is 11.9 Å². The molecule has 1 aromatic rings. The molecule has 1 amide bonds. The van der Waals surface area contributed by atoms with Gasteiger partial charge in [0.1, 0.15) is 17.3 Å². The fourth-order valence-electron chi connectivity index (χ4n) is 2.88. The van der Waals surface area contributed by atoms with Crippen molar-refractivity contribution in [2.24, 2.45) is 10.4 Å². The van der Waals surface area contributed by atoms with Crippen molar-refractivity contribution in [3.63, 3.8) is 0 Å². The Bertz CT molecular complexity index is 667. The van der Waals surface area contributed by atoms with Gasteiger partial charge in [-0.3, -0.25) is 9.79 Å². The van der Waals surface area contributed by atoms with Crippen molar-refractivity contribution in [3.8, 4) is 0 Å². The van der Waals surface area contributed by atoms with Gasteiger partial charge in [0.15, 0.2) is 5.96 Å². The Balaban J connectivity index is 1.80. The van der Waals surface area contributed by atoms with E-state index >= 15 is 0 Å². The van der Waals surface area contributed by atoms with Gasteiger partial charge in [0.05, 0.1) is 0 Å². The second kappa shape index (κ2) is 9.01. The van der Waals surface area contributed by atoms with Gasteiger partial charge in [-0.1, -0.05) is 26.8 Å². The van der Waals surface area contributed by atoms with Gasteiger partial charge in [-0.15, -0.1) is 0 Å². The zero-order chi connectivity index (χ0) is 20.0. The molecule has 1 atom stereocenters. The van der Waals surface area contributed by atoms with Gasteiger partial charge in [-0.2, -0.15) is 0 Å². The van der Waals surface area contributed by atoms with Crippen LogP contribution in [0.2, 0.25) is 0 Å². The molecule has 1 aliphatic heterocycles. The van der Waals surface area contributed by atoms with Crippen LogP contribution in [0.15, 0.2) is 23.2 Å². The van der Waals surface area contributed by atoms with Crippen molar-refractivity contribution in [2.45, 2.75) is 33.2 Å². The fraction of sp³-hybridized carbons (Fsp3) is 0.579. The first-order valence-electron chi connectivity index (χ1n) is 9.17. The molecule has 0 aromatic heterocycles. The minimum absolute atomic E-state index is 0.00871. The lowest BCUT2D eigenvalue weighted by Crippen LogP contribution is -2.47. The minimum Gasteiger partial charge on any atom is -0.365 e. The maximum atomic E-state index is 13.9. The van der Waals surface area contributed by atoms with E-state index in [9.17, 15) is 13.6 Å². The topological polar surface area (TPSA) is 68.8 Å². The summed E-state index contributed by atoms with van der Waals surface area (Å²) >= 11 is 0. The third-order valence-corrected chi connectivity index (χ3v) is 4.39. The van der Waals surface area contributed by atoms with Gasteiger partial charge in [-0.05, 0) is 18.6 Å². The van der Waals surface area contributed by atoms with Gasteiger partial charge >= 0.3 is 0 Å². The van der Waals surface area contributed by atoms with Crippen molar-refractivity contribution < 1.29 is 13.6 Å². The molecule has 0 saturated carbocycles. The summed E-state index contributed by atoms with van der Waals surface area (Å²) in [7, 11) is 1.66. The largest absolute Gasteiger partial charge is 0.365 e. The number of para-hydroxylation sites is 1. The smallest absolute Gasteiger partial charge is 0.225 e. The number of aliphatic imine (C=N–C) groups is 1. The highest BCUT2D eigenvalue weighted by atomic mass is 19.1. The van der Waals surface area contributed by atoms with E-state index in [-0.39, 0.29) is 17.6 Å². The number of halogens is 2. The van der Waals surface area contributed by atoms with Crippen LogP contribution in [0.5, 0.6) is 0 Å². The summed E-state index contributed by atoms with van der Waals surface area (Å²) in [6.45, 7) is 7.64. The van der Waals surface area contributed by atoms with Gasteiger partial charge < -0.3 is 20.9 Å². The third-order valence-electron chi connectivity index (χ3n) is 4.39. The molecule has 1 unspecified atom stereocenters. The first-order valence-corrected chi connectivity index (χ1v) is 9.17. The molecule has 1 aliphatic rings. The van der Waals surface area contributed by atoms with E-state index < -0.39 is 17.0 Å². The second-order valence-electron chi connectivity index (χ2n) is 7.65. The molecule has 0 radical (unpaired) electrons. The summed E-state index contributed by atoms with van der Waals surface area (Å²) in [5.74, 6) is -0.507. The summed E-state index contributed by atoms with van der Waals surface area (Å²) in [5.41, 5.74) is -0.399. The maximum absolute atomic E-state index is 13.9. The molecule has 1 fully saturated rings. The lowest BCUT2D eigenvalue weighted by molar-refractivity contribution is -0.128. The molecular formula is C19H29F2N5O. The number of nitrogens with one attached hydrogen (secondary N) is 3. The number of hydrogen-bond donors (Lipinski definition) is 3. The zero-order valence-electron chi connectivity index (χ0n) is 16.4. The number of guanidine groups is 1. The fourth-order valence-corrected chi connectivity index (χ4v) is 2.88. The van der Waals surface area contributed by atoms with Crippen LogP contribution >= 0.6 is 0 Å². The van der Waals surface area contributed by atoms with Crippen LogP contribution in [-0.4, -0.2) is 51.1 Å². The van der Waals surface area contributed by atoms with Crippen molar-refractivity contribution in [3.05, 3.63) is 29.8 Å². The number of benzene rings is 1. The molecule has 8 heteroatoms. The number of amides is 1. The molecule has 150 valence electrons. The number of anilines is 1. The van der Waals surface area contributed by atoms with Crippen LogP contribution in [0, 0.1) is 17.0 Å². The van der Waals surface area contributed by atoms with E-state index in [2.05, 4.69) is 20.9 Å². The molecule has 27 heavy (non-hydrogen) atoms. The molecule has 0 aliphatic carbocycles. The summed E-state index contributed by atoms with van der Waals surface area (Å²) in [6.07, 6.45) is 0.745. The zero-order valence-corrected chi connectivity index (χ0v) is 16.4. The summed E-state index contributed by atoms with van der Waals surface area (Å²) in [5, 5.41) is 9.26. The average molecular weight is 381 g/mol. The summed E-state index contributed by atoms with van der Waals surface area (Å²) in [6, 6.07) is 3.93. The third kappa shape index (κ3) is 5.80. The number of carbonyl (C=O) groups is 1. The lowest BCUT2D eigenvalue weighted by atomic mass is 9.96. The maximum Gasteiger partial charge on any atom is 0.225 e. The van der Waals surface area contributed by atoms with Crippen LogP contribution < -0.4 is 20.9 Å². The first kappa shape index (κ1) is 20.9.